The van der Waals surface area contributed by atoms with Gasteiger partial charge in [0.05, 0.1) is 6.42 Å². The van der Waals surface area contributed by atoms with E-state index in [0.29, 0.717) is 0 Å². The molecule has 0 bridgehead atoms. The van der Waals surface area contributed by atoms with Crippen molar-refractivity contribution in [1.29, 1.82) is 0 Å². The van der Waals surface area contributed by atoms with Gasteiger partial charge in [-0.2, -0.15) is 13.2 Å². The molecule has 0 aliphatic carbocycles. The Hall–Kier alpha value is -1.27. The molecule has 0 heterocycles. The first-order valence-corrected chi connectivity index (χ1v) is 5.01. The number of alkyl halides is 3. The van der Waals surface area contributed by atoms with E-state index in [-0.39, 0.29) is 13.0 Å². The van der Waals surface area contributed by atoms with Crippen LogP contribution in [0.2, 0.25) is 0 Å². The van der Waals surface area contributed by atoms with Crippen molar-refractivity contribution < 1.29 is 27.9 Å². The van der Waals surface area contributed by atoms with Crippen molar-refractivity contribution >= 4 is 11.9 Å². The van der Waals surface area contributed by atoms with Crippen LogP contribution in [0.1, 0.15) is 27.2 Å². The number of carbonyl (C=O) groups excluding carboxylic acids is 1. The van der Waals surface area contributed by atoms with E-state index < -0.39 is 29.4 Å². The molecule has 0 saturated carbocycles. The van der Waals surface area contributed by atoms with Crippen LogP contribution < -0.4 is 5.32 Å². The highest BCUT2D eigenvalue weighted by atomic mass is 19.4. The van der Waals surface area contributed by atoms with E-state index in [1.54, 1.807) is 26.1 Å². The quantitative estimate of drug-likeness (QED) is 0.805. The Labute approximate surface area is 97.2 Å². The van der Waals surface area contributed by atoms with Crippen molar-refractivity contribution in [2.45, 2.75) is 33.4 Å². The van der Waals surface area contributed by atoms with Crippen LogP contribution in [0, 0.1) is 11.3 Å². The molecule has 0 fully saturated rings. The molecule has 0 aromatic carbocycles. The molecule has 1 atom stereocenters. The van der Waals surface area contributed by atoms with Crippen LogP contribution in [0.25, 0.3) is 0 Å². The summed E-state index contributed by atoms with van der Waals surface area (Å²) in [5.74, 6) is -3.71. The monoisotopic (exact) mass is 255 g/mol. The number of hydrogen-bond acceptors (Lipinski definition) is 2. The molecule has 0 aliphatic heterocycles. The van der Waals surface area contributed by atoms with Crippen LogP contribution in [0.15, 0.2) is 0 Å². The smallest absolute Gasteiger partial charge is 0.471 e. The maximum atomic E-state index is 11.9. The van der Waals surface area contributed by atoms with Crippen molar-refractivity contribution in [1.82, 2.24) is 5.32 Å². The lowest BCUT2D eigenvalue weighted by molar-refractivity contribution is -0.174. The zero-order valence-corrected chi connectivity index (χ0v) is 9.89. The number of rotatable bonds is 4. The number of carbonyl (C=O) groups is 2. The topological polar surface area (TPSA) is 66.4 Å². The van der Waals surface area contributed by atoms with Crippen molar-refractivity contribution in [2.75, 3.05) is 6.54 Å². The third kappa shape index (κ3) is 6.13. The maximum Gasteiger partial charge on any atom is 0.471 e. The second kappa shape index (κ2) is 5.37. The van der Waals surface area contributed by atoms with Gasteiger partial charge < -0.3 is 10.4 Å². The highest BCUT2D eigenvalue weighted by molar-refractivity contribution is 5.81. The Morgan fingerprint density at radius 1 is 1.24 bits per heavy atom. The van der Waals surface area contributed by atoms with Crippen LogP contribution in [0.4, 0.5) is 13.2 Å². The molecule has 7 heteroatoms. The summed E-state index contributed by atoms with van der Waals surface area (Å²) < 4.78 is 35.8. The molecule has 0 aliphatic rings. The predicted molar refractivity (Wildman–Crippen MR) is 54.3 cm³/mol. The zero-order valence-electron chi connectivity index (χ0n) is 9.89. The molecule has 1 unspecified atom stereocenters. The van der Waals surface area contributed by atoms with Crippen LogP contribution in [-0.4, -0.2) is 29.7 Å². The fourth-order valence-electron chi connectivity index (χ4n) is 1.21. The fourth-order valence-corrected chi connectivity index (χ4v) is 1.21. The molecule has 100 valence electrons. The third-order valence-electron chi connectivity index (χ3n) is 2.41. The normalized spacial score (nSPS) is 14.2. The molecule has 0 aromatic heterocycles. The van der Waals surface area contributed by atoms with Crippen molar-refractivity contribution in [3.05, 3.63) is 0 Å². The first-order valence-electron chi connectivity index (χ1n) is 5.01. The van der Waals surface area contributed by atoms with Gasteiger partial charge in [-0.15, -0.1) is 0 Å². The Morgan fingerprint density at radius 3 is 2.00 bits per heavy atom. The maximum absolute atomic E-state index is 11.9. The first kappa shape index (κ1) is 15.7. The Morgan fingerprint density at radius 2 is 1.71 bits per heavy atom. The Balaban J connectivity index is 4.48. The van der Waals surface area contributed by atoms with Crippen LogP contribution in [0.3, 0.4) is 0 Å². The average molecular weight is 255 g/mol. The number of halogens is 3. The number of hydrogen-bond donors (Lipinski definition) is 2. The van der Waals surface area contributed by atoms with Gasteiger partial charge in [-0.3, -0.25) is 9.59 Å². The molecule has 0 aromatic rings. The highest BCUT2D eigenvalue weighted by Gasteiger charge is 2.39. The van der Waals surface area contributed by atoms with Crippen molar-refractivity contribution in [3.63, 3.8) is 0 Å². The molecular weight excluding hydrogens is 239 g/mol. The summed E-state index contributed by atoms with van der Waals surface area (Å²) in [6, 6.07) is 0. The molecular formula is C10H16F3NO3. The van der Waals surface area contributed by atoms with Crippen LogP contribution in [0.5, 0.6) is 0 Å². The minimum absolute atomic E-state index is 0.290. The second-order valence-corrected chi connectivity index (χ2v) is 4.87. The molecule has 0 radical (unpaired) electrons. The molecule has 0 rings (SSSR count). The highest BCUT2D eigenvalue weighted by Crippen LogP contribution is 2.28. The summed E-state index contributed by atoms with van der Waals surface area (Å²) in [4.78, 5) is 21.2. The van der Waals surface area contributed by atoms with E-state index in [1.807, 2.05) is 0 Å². The number of carboxylic acids is 1. The van der Waals surface area contributed by atoms with E-state index in [9.17, 15) is 22.8 Å². The van der Waals surface area contributed by atoms with E-state index in [1.165, 1.54) is 0 Å². The van der Waals surface area contributed by atoms with Gasteiger partial charge in [0.15, 0.2) is 0 Å². The molecule has 17 heavy (non-hydrogen) atoms. The summed E-state index contributed by atoms with van der Waals surface area (Å²) in [5, 5.41) is 10.3. The number of nitrogens with one attached hydrogen (secondary N) is 1. The van der Waals surface area contributed by atoms with Gasteiger partial charge in [0.2, 0.25) is 0 Å². The van der Waals surface area contributed by atoms with E-state index in [2.05, 4.69) is 0 Å². The molecule has 0 spiro atoms. The largest absolute Gasteiger partial charge is 0.481 e. The molecule has 0 saturated heterocycles. The van der Waals surface area contributed by atoms with Gasteiger partial charge in [0, 0.05) is 6.54 Å². The summed E-state index contributed by atoms with van der Waals surface area (Å²) in [7, 11) is 0. The fraction of sp³-hybridized carbons (Fsp3) is 0.800. The minimum Gasteiger partial charge on any atom is -0.481 e. The van der Waals surface area contributed by atoms with Gasteiger partial charge in [-0.1, -0.05) is 20.8 Å². The Kier molecular flexibility index (Phi) is 4.97. The summed E-state index contributed by atoms with van der Waals surface area (Å²) in [6.07, 6.45) is -5.23. The molecule has 4 nitrogen and oxygen atoms in total. The van der Waals surface area contributed by atoms with Gasteiger partial charge in [-0.05, 0) is 11.3 Å². The van der Waals surface area contributed by atoms with E-state index in [4.69, 9.17) is 5.11 Å². The van der Waals surface area contributed by atoms with Gasteiger partial charge in [0.1, 0.15) is 0 Å². The SMILES string of the molecule is CC(C)(C)C(CNC(=O)C(F)(F)F)CC(=O)O. The van der Waals surface area contributed by atoms with Gasteiger partial charge >= 0.3 is 18.1 Å². The number of aliphatic carboxylic acids is 1. The zero-order chi connectivity index (χ0) is 13.9. The van der Waals surface area contributed by atoms with Gasteiger partial charge in [-0.25, -0.2) is 0 Å². The summed E-state index contributed by atoms with van der Waals surface area (Å²) >= 11 is 0. The van der Waals surface area contributed by atoms with E-state index in [0.717, 1.165) is 0 Å². The summed E-state index contributed by atoms with van der Waals surface area (Å²) in [5.41, 5.74) is -0.503. The van der Waals surface area contributed by atoms with Crippen LogP contribution >= 0.6 is 0 Å². The first-order chi connectivity index (χ1) is 7.44. The third-order valence-corrected chi connectivity index (χ3v) is 2.41. The standard InChI is InChI=1S/C10H16F3NO3/c1-9(2,3)6(4-7(15)16)5-14-8(17)10(11,12)13/h6H,4-5H2,1-3H3,(H,14,17)(H,15,16). The molecule has 2 N–H and O–H groups in total. The lowest BCUT2D eigenvalue weighted by Gasteiger charge is -2.29. The lowest BCUT2D eigenvalue weighted by atomic mass is 9.78. The molecule has 1 amide bonds. The minimum atomic E-state index is -4.94. The van der Waals surface area contributed by atoms with Crippen molar-refractivity contribution in [3.8, 4) is 0 Å². The van der Waals surface area contributed by atoms with Crippen molar-refractivity contribution in [2.24, 2.45) is 11.3 Å². The van der Waals surface area contributed by atoms with Gasteiger partial charge in [0.25, 0.3) is 0 Å². The number of carboxylic acid groups (broad SMARTS) is 1. The van der Waals surface area contributed by atoms with Crippen LogP contribution in [-0.2, 0) is 9.59 Å². The Bertz CT molecular complexity index is 294. The number of amides is 1. The average Bonchev–Trinajstić information content (AvgIpc) is 2.07. The predicted octanol–water partition coefficient (Wildman–Crippen LogP) is 1.80. The summed E-state index contributed by atoms with van der Waals surface area (Å²) in [6.45, 7) is 4.81. The lowest BCUT2D eigenvalue weighted by Crippen LogP contribution is -2.42. The van der Waals surface area contributed by atoms with E-state index >= 15 is 0 Å². The second-order valence-electron chi connectivity index (χ2n) is 4.87.